The number of thioether (sulfide) groups is 1. The van der Waals surface area contributed by atoms with Gasteiger partial charge in [0.25, 0.3) is 15.7 Å². The Kier molecular flexibility index (Phi) is 6.24. The molecule has 0 saturated heterocycles. The summed E-state index contributed by atoms with van der Waals surface area (Å²) in [5.41, 5.74) is 2.48. The van der Waals surface area contributed by atoms with E-state index in [9.17, 15) is 18.5 Å². The molecule has 0 unspecified atom stereocenters. The number of benzene rings is 3. The van der Waals surface area contributed by atoms with Crippen LogP contribution in [0.25, 0.3) is 0 Å². The van der Waals surface area contributed by atoms with Crippen LogP contribution in [0.2, 0.25) is 0 Å². The van der Waals surface area contributed by atoms with Gasteiger partial charge in [-0.3, -0.25) is 14.8 Å². The minimum Gasteiger partial charge on any atom is -0.279 e. The molecule has 0 heterocycles. The molecule has 0 bridgehead atoms. The molecular formula is C21H20N2O4S2. The molecular weight excluding hydrogens is 408 g/mol. The van der Waals surface area contributed by atoms with Gasteiger partial charge in [0.15, 0.2) is 0 Å². The second kappa shape index (κ2) is 8.67. The largest absolute Gasteiger partial charge is 0.279 e. The number of nitrogens with zero attached hydrogens (tertiary/aromatic N) is 1. The molecule has 6 nitrogen and oxygen atoms in total. The minimum absolute atomic E-state index is 0.102. The number of anilines is 1. The van der Waals surface area contributed by atoms with Gasteiger partial charge in [0.05, 0.1) is 15.5 Å². The lowest BCUT2D eigenvalue weighted by Gasteiger charge is -2.13. The first-order valence-corrected chi connectivity index (χ1v) is 11.3. The fraction of sp³-hybridized carbons (Fsp3) is 0.143. The zero-order valence-electron chi connectivity index (χ0n) is 16.0. The van der Waals surface area contributed by atoms with E-state index in [1.54, 1.807) is 24.8 Å². The molecule has 150 valence electrons. The lowest BCUT2D eigenvalue weighted by Crippen LogP contribution is -2.15. The standard InChI is InChI=1S/C21H20N2O4S2/c1-15-8-10-18(23(24)25)13-21(15)29(26,27)22-20-11-9-17(12-16(20)2)14-28-19-6-4-3-5-7-19/h3-13,22H,14H2,1-2H3. The summed E-state index contributed by atoms with van der Waals surface area (Å²) >= 11 is 1.70. The van der Waals surface area contributed by atoms with Crippen molar-refractivity contribution in [1.29, 1.82) is 0 Å². The molecule has 0 amide bonds. The molecule has 0 aromatic heterocycles. The first-order chi connectivity index (χ1) is 13.8. The van der Waals surface area contributed by atoms with E-state index in [1.807, 2.05) is 49.4 Å². The van der Waals surface area contributed by atoms with Crippen LogP contribution in [-0.2, 0) is 15.8 Å². The average molecular weight is 429 g/mol. The summed E-state index contributed by atoms with van der Waals surface area (Å²) in [7, 11) is -3.95. The molecule has 3 aromatic rings. The van der Waals surface area contributed by atoms with E-state index in [4.69, 9.17) is 0 Å². The third-order valence-corrected chi connectivity index (χ3v) is 6.95. The topological polar surface area (TPSA) is 89.3 Å². The van der Waals surface area contributed by atoms with Crippen LogP contribution >= 0.6 is 11.8 Å². The van der Waals surface area contributed by atoms with Gasteiger partial charge < -0.3 is 0 Å². The molecule has 0 aliphatic carbocycles. The maximum Gasteiger partial charge on any atom is 0.270 e. The Hall–Kier alpha value is -2.84. The summed E-state index contributed by atoms with van der Waals surface area (Å²) in [6.45, 7) is 3.43. The van der Waals surface area contributed by atoms with Crippen molar-refractivity contribution in [2.45, 2.75) is 29.4 Å². The number of hydrogen-bond acceptors (Lipinski definition) is 5. The van der Waals surface area contributed by atoms with E-state index >= 15 is 0 Å². The number of nitro benzene ring substituents is 1. The number of sulfonamides is 1. The Bertz CT molecular complexity index is 1150. The van der Waals surface area contributed by atoms with E-state index in [0.29, 0.717) is 11.3 Å². The lowest BCUT2D eigenvalue weighted by atomic mass is 10.1. The van der Waals surface area contributed by atoms with Crippen molar-refractivity contribution in [2.24, 2.45) is 0 Å². The SMILES string of the molecule is Cc1cc(CSc2ccccc2)ccc1NS(=O)(=O)c1cc([N+](=O)[O-])ccc1C. The summed E-state index contributed by atoms with van der Waals surface area (Å²) in [4.78, 5) is 11.4. The number of nitrogens with one attached hydrogen (secondary N) is 1. The smallest absolute Gasteiger partial charge is 0.270 e. The van der Waals surface area contributed by atoms with Crippen LogP contribution in [0.4, 0.5) is 11.4 Å². The molecule has 0 atom stereocenters. The van der Waals surface area contributed by atoms with E-state index in [1.165, 1.54) is 12.1 Å². The summed E-state index contributed by atoms with van der Waals surface area (Å²) in [6, 6.07) is 19.4. The monoisotopic (exact) mass is 428 g/mol. The highest BCUT2D eigenvalue weighted by molar-refractivity contribution is 7.98. The van der Waals surface area contributed by atoms with Crippen LogP contribution in [0.5, 0.6) is 0 Å². The van der Waals surface area contributed by atoms with E-state index in [2.05, 4.69) is 4.72 Å². The van der Waals surface area contributed by atoms with E-state index in [-0.39, 0.29) is 10.6 Å². The molecule has 0 aliphatic heterocycles. The number of nitro groups is 1. The Morgan fingerprint density at radius 1 is 0.966 bits per heavy atom. The predicted octanol–water partition coefficient (Wildman–Crippen LogP) is 5.30. The third kappa shape index (κ3) is 5.16. The second-order valence-electron chi connectivity index (χ2n) is 6.56. The van der Waals surface area contributed by atoms with Crippen LogP contribution in [0.15, 0.2) is 76.5 Å². The minimum atomic E-state index is -3.95. The highest BCUT2D eigenvalue weighted by atomic mass is 32.2. The van der Waals surface area contributed by atoms with Crippen LogP contribution in [-0.4, -0.2) is 13.3 Å². The maximum atomic E-state index is 12.8. The fourth-order valence-corrected chi connectivity index (χ4v) is 5.06. The van der Waals surface area contributed by atoms with Gasteiger partial charge in [-0.05, 0) is 48.7 Å². The molecule has 29 heavy (non-hydrogen) atoms. The first kappa shape index (κ1) is 20.9. The molecule has 0 saturated carbocycles. The molecule has 0 aliphatic rings. The quantitative estimate of drug-likeness (QED) is 0.313. The van der Waals surface area contributed by atoms with Crippen molar-refractivity contribution in [2.75, 3.05) is 4.72 Å². The molecule has 0 fully saturated rings. The van der Waals surface area contributed by atoms with Crippen molar-refractivity contribution in [3.8, 4) is 0 Å². The van der Waals surface area contributed by atoms with Gasteiger partial charge in [-0.1, -0.05) is 36.4 Å². The number of hydrogen-bond donors (Lipinski definition) is 1. The van der Waals surface area contributed by atoms with Gasteiger partial charge in [-0.2, -0.15) is 0 Å². The van der Waals surface area contributed by atoms with Crippen LogP contribution in [0.3, 0.4) is 0 Å². The molecule has 0 spiro atoms. The van der Waals surface area contributed by atoms with E-state index in [0.717, 1.165) is 27.8 Å². The van der Waals surface area contributed by atoms with Crippen LogP contribution in [0.1, 0.15) is 16.7 Å². The first-order valence-electron chi connectivity index (χ1n) is 8.81. The van der Waals surface area contributed by atoms with Crippen LogP contribution < -0.4 is 4.72 Å². The maximum absolute atomic E-state index is 12.8. The van der Waals surface area contributed by atoms with Crippen molar-refractivity contribution in [3.63, 3.8) is 0 Å². The van der Waals surface area contributed by atoms with Gasteiger partial charge in [0, 0.05) is 22.8 Å². The number of aryl methyl sites for hydroxylation is 2. The van der Waals surface area contributed by atoms with Gasteiger partial charge in [-0.15, -0.1) is 11.8 Å². The van der Waals surface area contributed by atoms with Crippen LogP contribution in [0, 0.1) is 24.0 Å². The Morgan fingerprint density at radius 2 is 1.69 bits per heavy atom. The summed E-state index contributed by atoms with van der Waals surface area (Å²) in [5, 5.41) is 11.0. The zero-order chi connectivity index (χ0) is 21.0. The van der Waals surface area contributed by atoms with Crippen molar-refractivity contribution in [1.82, 2.24) is 0 Å². The van der Waals surface area contributed by atoms with Gasteiger partial charge in [0.1, 0.15) is 0 Å². The molecule has 3 aromatic carbocycles. The highest BCUT2D eigenvalue weighted by Crippen LogP contribution is 2.28. The Labute approximate surface area is 174 Å². The number of rotatable bonds is 7. The average Bonchev–Trinajstić information content (AvgIpc) is 2.69. The van der Waals surface area contributed by atoms with Gasteiger partial charge in [-0.25, -0.2) is 8.42 Å². The van der Waals surface area contributed by atoms with Gasteiger partial charge >= 0.3 is 0 Å². The Balaban J connectivity index is 1.79. The molecule has 3 rings (SSSR count). The summed E-state index contributed by atoms with van der Waals surface area (Å²) < 4.78 is 28.2. The van der Waals surface area contributed by atoms with Gasteiger partial charge in [0.2, 0.25) is 0 Å². The molecule has 1 N–H and O–H groups in total. The third-order valence-electron chi connectivity index (χ3n) is 4.36. The second-order valence-corrected chi connectivity index (χ2v) is 9.26. The fourth-order valence-electron chi connectivity index (χ4n) is 2.81. The lowest BCUT2D eigenvalue weighted by molar-refractivity contribution is -0.385. The summed E-state index contributed by atoms with van der Waals surface area (Å²) in [5.74, 6) is 0.766. The van der Waals surface area contributed by atoms with Crippen molar-refractivity contribution < 1.29 is 13.3 Å². The van der Waals surface area contributed by atoms with E-state index < -0.39 is 14.9 Å². The zero-order valence-corrected chi connectivity index (χ0v) is 17.6. The Morgan fingerprint density at radius 3 is 2.34 bits per heavy atom. The molecule has 0 radical (unpaired) electrons. The van der Waals surface area contributed by atoms with Crippen molar-refractivity contribution >= 4 is 33.2 Å². The van der Waals surface area contributed by atoms with Crippen molar-refractivity contribution in [3.05, 3.63) is 93.5 Å². The predicted molar refractivity (Wildman–Crippen MR) is 116 cm³/mol. The normalized spacial score (nSPS) is 11.2. The molecule has 8 heteroatoms. The number of non-ortho nitro benzene ring substituents is 1. The highest BCUT2D eigenvalue weighted by Gasteiger charge is 2.21. The summed E-state index contributed by atoms with van der Waals surface area (Å²) in [6.07, 6.45) is 0.